The monoisotopic (exact) mass is 437 g/mol. The summed E-state index contributed by atoms with van der Waals surface area (Å²) in [5, 5.41) is 3.18. The summed E-state index contributed by atoms with van der Waals surface area (Å²) >= 11 is 0. The molecule has 0 radical (unpaired) electrons. The van der Waals surface area contributed by atoms with Crippen LogP contribution in [0.1, 0.15) is 19.3 Å². The van der Waals surface area contributed by atoms with Gasteiger partial charge in [0, 0.05) is 69.6 Å². The lowest BCUT2D eigenvalue weighted by atomic mass is 9.96. The Morgan fingerprint density at radius 2 is 1.72 bits per heavy atom. The number of carbonyl (C=O) groups is 1. The van der Waals surface area contributed by atoms with Gasteiger partial charge in [0.15, 0.2) is 0 Å². The number of carbonyl (C=O) groups excluding carboxylic acids is 1. The number of hydrogen-bond donors (Lipinski definition) is 1. The van der Waals surface area contributed by atoms with E-state index in [0.717, 1.165) is 83.1 Å². The molecule has 2 fully saturated rings. The summed E-state index contributed by atoms with van der Waals surface area (Å²) in [6.45, 7) is 7.78. The summed E-state index contributed by atoms with van der Waals surface area (Å²) in [5.41, 5.74) is 2.41. The Kier molecular flexibility index (Phi) is 7.82. The Morgan fingerprint density at radius 3 is 2.44 bits per heavy atom. The second-order valence-corrected chi connectivity index (χ2v) is 8.66. The number of anilines is 2. The molecular formula is C25H35N5O2. The van der Waals surface area contributed by atoms with Crippen LogP contribution >= 0.6 is 0 Å². The third-order valence-electron chi connectivity index (χ3n) is 6.58. The summed E-state index contributed by atoms with van der Waals surface area (Å²) in [5.74, 6) is 1.17. The first-order valence-corrected chi connectivity index (χ1v) is 11.8. The van der Waals surface area contributed by atoms with Crippen LogP contribution in [0.4, 0.5) is 11.4 Å². The number of ether oxygens (including phenoxy) is 1. The first-order chi connectivity index (χ1) is 15.7. The van der Waals surface area contributed by atoms with Crippen molar-refractivity contribution in [2.75, 3.05) is 69.3 Å². The number of amides is 1. The van der Waals surface area contributed by atoms with E-state index in [1.807, 2.05) is 36.7 Å². The van der Waals surface area contributed by atoms with Gasteiger partial charge >= 0.3 is 0 Å². The topological polar surface area (TPSA) is 60.9 Å². The number of methoxy groups -OCH3 is 1. The Bertz CT molecular complexity index is 837. The lowest BCUT2D eigenvalue weighted by Crippen LogP contribution is -2.47. The lowest BCUT2D eigenvalue weighted by molar-refractivity contribution is -0.125. The fourth-order valence-corrected chi connectivity index (χ4v) is 4.66. The highest BCUT2D eigenvalue weighted by Crippen LogP contribution is 2.23. The van der Waals surface area contributed by atoms with Crippen LogP contribution < -0.4 is 19.9 Å². The number of piperazine rings is 1. The van der Waals surface area contributed by atoms with Crippen LogP contribution in [0.2, 0.25) is 0 Å². The number of nitrogens with zero attached hydrogens (tertiary/aromatic N) is 4. The van der Waals surface area contributed by atoms with Gasteiger partial charge in [-0.3, -0.25) is 14.7 Å². The summed E-state index contributed by atoms with van der Waals surface area (Å²) in [4.78, 5) is 24.0. The van der Waals surface area contributed by atoms with Crippen molar-refractivity contribution in [1.29, 1.82) is 0 Å². The lowest BCUT2D eigenvalue weighted by Gasteiger charge is -2.36. The molecule has 1 amide bonds. The summed E-state index contributed by atoms with van der Waals surface area (Å²) < 4.78 is 5.25. The Morgan fingerprint density at radius 1 is 1.00 bits per heavy atom. The van der Waals surface area contributed by atoms with Crippen LogP contribution in [0.5, 0.6) is 5.75 Å². The second kappa shape index (κ2) is 11.2. The van der Waals surface area contributed by atoms with Crippen LogP contribution in [-0.4, -0.2) is 75.3 Å². The highest BCUT2D eigenvalue weighted by molar-refractivity contribution is 5.79. The summed E-state index contributed by atoms with van der Waals surface area (Å²) in [6.07, 6.45) is 6.65. The Balaban J connectivity index is 1.13. The van der Waals surface area contributed by atoms with Gasteiger partial charge in [-0.1, -0.05) is 0 Å². The van der Waals surface area contributed by atoms with E-state index in [1.54, 1.807) is 7.11 Å². The van der Waals surface area contributed by atoms with E-state index in [0.29, 0.717) is 0 Å². The number of pyridine rings is 1. The van der Waals surface area contributed by atoms with Crippen molar-refractivity contribution in [2.24, 2.45) is 5.92 Å². The molecule has 2 saturated heterocycles. The van der Waals surface area contributed by atoms with Gasteiger partial charge in [0.2, 0.25) is 5.91 Å². The number of nitrogens with one attached hydrogen (secondary N) is 1. The van der Waals surface area contributed by atoms with E-state index >= 15 is 0 Å². The molecule has 1 unspecified atom stereocenters. The highest BCUT2D eigenvalue weighted by atomic mass is 16.5. The normalized spacial score (nSPS) is 19.6. The van der Waals surface area contributed by atoms with Gasteiger partial charge in [-0.2, -0.15) is 0 Å². The maximum Gasteiger partial charge on any atom is 0.224 e. The van der Waals surface area contributed by atoms with Crippen molar-refractivity contribution in [3.8, 4) is 5.75 Å². The minimum absolute atomic E-state index is 0.0740. The van der Waals surface area contributed by atoms with Gasteiger partial charge in [0.25, 0.3) is 0 Å². The largest absolute Gasteiger partial charge is 0.497 e. The van der Waals surface area contributed by atoms with E-state index in [1.165, 1.54) is 5.69 Å². The highest BCUT2D eigenvalue weighted by Gasteiger charge is 2.25. The molecule has 172 valence electrons. The maximum absolute atomic E-state index is 12.7. The van der Waals surface area contributed by atoms with Gasteiger partial charge in [-0.05, 0) is 62.2 Å². The van der Waals surface area contributed by atoms with E-state index in [9.17, 15) is 4.79 Å². The first-order valence-electron chi connectivity index (χ1n) is 11.8. The van der Waals surface area contributed by atoms with Crippen molar-refractivity contribution >= 4 is 17.3 Å². The molecule has 4 rings (SSSR count). The third kappa shape index (κ3) is 5.91. The molecule has 1 aromatic carbocycles. The molecule has 2 aliphatic heterocycles. The predicted octanol–water partition coefficient (Wildman–Crippen LogP) is 2.64. The molecule has 0 saturated carbocycles. The molecule has 0 spiro atoms. The van der Waals surface area contributed by atoms with Gasteiger partial charge in [-0.25, -0.2) is 0 Å². The zero-order valence-corrected chi connectivity index (χ0v) is 19.1. The van der Waals surface area contributed by atoms with Crippen LogP contribution in [-0.2, 0) is 4.79 Å². The predicted molar refractivity (Wildman–Crippen MR) is 128 cm³/mol. The molecule has 2 aliphatic rings. The molecule has 32 heavy (non-hydrogen) atoms. The fraction of sp³-hybridized carbons (Fsp3) is 0.520. The molecule has 2 aromatic rings. The Hall–Kier alpha value is -2.80. The quantitative estimate of drug-likeness (QED) is 0.641. The van der Waals surface area contributed by atoms with Gasteiger partial charge in [0.1, 0.15) is 5.75 Å². The summed E-state index contributed by atoms with van der Waals surface area (Å²) in [7, 11) is 1.70. The van der Waals surface area contributed by atoms with Gasteiger partial charge < -0.3 is 19.9 Å². The fourth-order valence-electron chi connectivity index (χ4n) is 4.66. The standard InChI is InChI=1S/C25H35N5O2/c1-32-24-7-5-22(6-8-24)29-18-16-28(17-19-29)14-3-11-27-25(31)21-4-2-15-30(20-21)23-9-12-26-13-10-23/h5-10,12-13,21H,2-4,11,14-20H2,1H3,(H,27,31). The third-order valence-corrected chi connectivity index (χ3v) is 6.58. The maximum atomic E-state index is 12.7. The van der Waals surface area contributed by atoms with Crippen LogP contribution in [0.25, 0.3) is 0 Å². The number of aromatic nitrogens is 1. The molecule has 1 N–H and O–H groups in total. The van der Waals surface area contributed by atoms with Crippen molar-refractivity contribution in [1.82, 2.24) is 15.2 Å². The zero-order valence-electron chi connectivity index (χ0n) is 19.1. The minimum Gasteiger partial charge on any atom is -0.497 e. The van der Waals surface area contributed by atoms with Crippen LogP contribution in [0.15, 0.2) is 48.8 Å². The van der Waals surface area contributed by atoms with Crippen LogP contribution in [0.3, 0.4) is 0 Å². The van der Waals surface area contributed by atoms with E-state index in [-0.39, 0.29) is 11.8 Å². The molecule has 3 heterocycles. The molecule has 1 aromatic heterocycles. The van der Waals surface area contributed by atoms with Gasteiger partial charge in [0.05, 0.1) is 13.0 Å². The molecule has 0 bridgehead atoms. The van der Waals surface area contributed by atoms with Gasteiger partial charge in [-0.15, -0.1) is 0 Å². The molecule has 1 atom stereocenters. The molecule has 7 heteroatoms. The summed E-state index contributed by atoms with van der Waals surface area (Å²) in [6, 6.07) is 12.3. The Labute approximate surface area is 191 Å². The molecular weight excluding hydrogens is 402 g/mol. The first kappa shape index (κ1) is 22.4. The number of piperidine rings is 1. The zero-order chi connectivity index (χ0) is 22.2. The molecule has 0 aliphatic carbocycles. The van der Waals surface area contributed by atoms with Crippen molar-refractivity contribution in [3.05, 3.63) is 48.8 Å². The average Bonchev–Trinajstić information content (AvgIpc) is 2.87. The van der Waals surface area contributed by atoms with E-state index in [4.69, 9.17) is 4.74 Å². The van der Waals surface area contributed by atoms with Crippen molar-refractivity contribution in [3.63, 3.8) is 0 Å². The number of hydrogen-bond acceptors (Lipinski definition) is 6. The SMILES string of the molecule is COc1ccc(N2CCN(CCCNC(=O)C3CCCN(c4ccncc4)C3)CC2)cc1. The smallest absolute Gasteiger partial charge is 0.224 e. The van der Waals surface area contributed by atoms with Crippen molar-refractivity contribution < 1.29 is 9.53 Å². The van der Waals surface area contributed by atoms with E-state index in [2.05, 4.69) is 37.1 Å². The van der Waals surface area contributed by atoms with Crippen LogP contribution in [0, 0.1) is 5.92 Å². The number of benzene rings is 1. The minimum atomic E-state index is 0.0740. The number of rotatable bonds is 8. The van der Waals surface area contributed by atoms with E-state index < -0.39 is 0 Å². The molecule has 7 nitrogen and oxygen atoms in total. The second-order valence-electron chi connectivity index (χ2n) is 8.66. The average molecular weight is 438 g/mol. The van der Waals surface area contributed by atoms with Crippen molar-refractivity contribution in [2.45, 2.75) is 19.3 Å².